The molecule has 0 bridgehead atoms. The summed E-state index contributed by atoms with van der Waals surface area (Å²) in [4.78, 5) is 0. The van der Waals surface area contributed by atoms with Crippen molar-refractivity contribution >= 4 is 0 Å². The highest BCUT2D eigenvalue weighted by atomic mass is 16.3. The van der Waals surface area contributed by atoms with Gasteiger partial charge in [-0.2, -0.15) is 0 Å². The Morgan fingerprint density at radius 2 is 1.81 bits per heavy atom. The van der Waals surface area contributed by atoms with E-state index in [-0.39, 0.29) is 5.54 Å². The van der Waals surface area contributed by atoms with E-state index in [4.69, 9.17) is 0 Å². The number of aryl methyl sites for hydroxylation is 1. The molecule has 0 saturated carbocycles. The average molecular weight is 286 g/mol. The first-order valence-electron chi connectivity index (χ1n) is 7.49. The van der Waals surface area contributed by atoms with Crippen LogP contribution >= 0.6 is 0 Å². The van der Waals surface area contributed by atoms with Gasteiger partial charge in [0.2, 0.25) is 0 Å². The summed E-state index contributed by atoms with van der Waals surface area (Å²) in [6.07, 6.45) is -0.393. The number of rotatable bonds is 5. The number of benzene rings is 1. The molecule has 1 aromatic heterocycles. The highest BCUT2D eigenvalue weighted by molar-refractivity contribution is 5.40. The van der Waals surface area contributed by atoms with Gasteiger partial charge in [0.25, 0.3) is 0 Å². The number of aromatic nitrogens is 1. The van der Waals surface area contributed by atoms with Crippen molar-refractivity contribution in [3.05, 3.63) is 53.3 Å². The Balaban J connectivity index is 2.24. The van der Waals surface area contributed by atoms with E-state index in [1.165, 1.54) is 22.6 Å². The van der Waals surface area contributed by atoms with Crippen LogP contribution in [0.4, 0.5) is 0 Å². The molecule has 0 fully saturated rings. The number of aliphatic hydroxyl groups is 1. The lowest BCUT2D eigenvalue weighted by atomic mass is 9.98. The van der Waals surface area contributed by atoms with Gasteiger partial charge in [0.1, 0.15) is 0 Å². The second kappa shape index (κ2) is 6.04. The van der Waals surface area contributed by atoms with Crippen LogP contribution in [0.1, 0.15) is 37.7 Å². The second-order valence-corrected chi connectivity index (χ2v) is 6.32. The van der Waals surface area contributed by atoms with Gasteiger partial charge in [0, 0.05) is 29.2 Å². The predicted octanol–water partition coefficient (Wildman–Crippen LogP) is 3.34. The van der Waals surface area contributed by atoms with E-state index >= 15 is 0 Å². The normalized spacial score (nSPS) is 13.4. The highest BCUT2D eigenvalue weighted by Gasteiger charge is 2.23. The Hall–Kier alpha value is -1.58. The first-order chi connectivity index (χ1) is 9.83. The number of nitrogens with one attached hydrogen (secondary N) is 1. The van der Waals surface area contributed by atoms with Gasteiger partial charge in [0.15, 0.2) is 0 Å². The summed E-state index contributed by atoms with van der Waals surface area (Å²) in [6.45, 7) is 10.9. The molecule has 0 radical (unpaired) electrons. The average Bonchev–Trinajstić information content (AvgIpc) is 2.72. The molecule has 1 aromatic carbocycles. The van der Waals surface area contributed by atoms with Gasteiger partial charge in [-0.1, -0.05) is 18.2 Å². The zero-order valence-corrected chi connectivity index (χ0v) is 13.6. The Morgan fingerprint density at radius 1 is 1.19 bits per heavy atom. The molecule has 0 aliphatic rings. The zero-order chi connectivity index (χ0) is 15.6. The molecule has 0 aliphatic carbocycles. The lowest BCUT2D eigenvalue weighted by Gasteiger charge is -2.29. The fraction of sp³-hybridized carbons (Fsp3) is 0.444. The topological polar surface area (TPSA) is 37.2 Å². The third-order valence-electron chi connectivity index (χ3n) is 4.33. The van der Waals surface area contributed by atoms with Gasteiger partial charge >= 0.3 is 0 Å². The molecule has 114 valence electrons. The van der Waals surface area contributed by atoms with Crippen molar-refractivity contribution in [3.8, 4) is 5.69 Å². The molecule has 21 heavy (non-hydrogen) atoms. The van der Waals surface area contributed by atoms with Crippen LogP contribution in [0.25, 0.3) is 5.69 Å². The second-order valence-electron chi connectivity index (χ2n) is 6.32. The fourth-order valence-electron chi connectivity index (χ4n) is 2.45. The van der Waals surface area contributed by atoms with Crippen molar-refractivity contribution in [2.24, 2.45) is 0 Å². The van der Waals surface area contributed by atoms with Crippen LogP contribution in [0.5, 0.6) is 0 Å². The van der Waals surface area contributed by atoms with Crippen molar-refractivity contribution in [1.29, 1.82) is 0 Å². The SMILES string of the molecule is Cc1cc(CNC(C)(C)C(C)O)c(C)n1-c1ccccc1. The third-order valence-corrected chi connectivity index (χ3v) is 4.33. The first kappa shape index (κ1) is 15.8. The summed E-state index contributed by atoms with van der Waals surface area (Å²) < 4.78 is 2.27. The third kappa shape index (κ3) is 3.36. The van der Waals surface area contributed by atoms with Crippen LogP contribution in [0.2, 0.25) is 0 Å². The minimum absolute atomic E-state index is 0.296. The van der Waals surface area contributed by atoms with Crippen molar-refractivity contribution in [2.75, 3.05) is 0 Å². The molecular weight excluding hydrogens is 260 g/mol. The molecule has 3 heteroatoms. The van der Waals surface area contributed by atoms with Crippen LogP contribution in [-0.4, -0.2) is 21.3 Å². The molecule has 0 spiro atoms. The van der Waals surface area contributed by atoms with Gasteiger partial charge in [-0.3, -0.25) is 0 Å². The highest BCUT2D eigenvalue weighted by Crippen LogP contribution is 2.21. The molecule has 3 nitrogen and oxygen atoms in total. The predicted molar refractivity (Wildman–Crippen MR) is 87.8 cm³/mol. The van der Waals surface area contributed by atoms with Gasteiger partial charge < -0.3 is 15.0 Å². The molecule has 0 amide bonds. The fourth-order valence-corrected chi connectivity index (χ4v) is 2.45. The maximum Gasteiger partial charge on any atom is 0.0688 e. The molecular formula is C18H26N2O. The molecule has 0 aliphatic heterocycles. The van der Waals surface area contributed by atoms with Gasteiger partial charge in [-0.05, 0) is 58.4 Å². The van der Waals surface area contributed by atoms with E-state index in [1.54, 1.807) is 0 Å². The monoisotopic (exact) mass is 286 g/mol. The number of hydrogen-bond acceptors (Lipinski definition) is 2. The van der Waals surface area contributed by atoms with E-state index in [0.29, 0.717) is 0 Å². The molecule has 1 atom stereocenters. The lowest BCUT2D eigenvalue weighted by molar-refractivity contribution is 0.0956. The Morgan fingerprint density at radius 3 is 2.38 bits per heavy atom. The Labute approximate surface area is 127 Å². The van der Waals surface area contributed by atoms with E-state index in [2.05, 4.69) is 54.1 Å². The van der Waals surface area contributed by atoms with Gasteiger partial charge in [-0.25, -0.2) is 0 Å². The molecule has 2 N–H and O–H groups in total. The zero-order valence-electron chi connectivity index (χ0n) is 13.6. The van der Waals surface area contributed by atoms with Gasteiger partial charge in [-0.15, -0.1) is 0 Å². The maximum atomic E-state index is 9.80. The summed E-state index contributed by atoms with van der Waals surface area (Å²) in [7, 11) is 0. The Bertz CT molecular complexity index is 597. The van der Waals surface area contributed by atoms with Crippen molar-refractivity contribution in [2.45, 2.75) is 52.8 Å². The lowest BCUT2D eigenvalue weighted by Crippen LogP contribution is -2.47. The van der Waals surface area contributed by atoms with E-state index in [9.17, 15) is 5.11 Å². The van der Waals surface area contributed by atoms with Crippen LogP contribution in [0.3, 0.4) is 0 Å². The summed E-state index contributed by atoms with van der Waals surface area (Å²) >= 11 is 0. The van der Waals surface area contributed by atoms with Crippen LogP contribution in [0, 0.1) is 13.8 Å². The Kier molecular flexibility index (Phi) is 4.55. The van der Waals surface area contributed by atoms with Crippen molar-refractivity contribution < 1.29 is 5.11 Å². The summed E-state index contributed by atoms with van der Waals surface area (Å²) in [6, 6.07) is 12.6. The molecule has 1 unspecified atom stereocenters. The summed E-state index contributed by atoms with van der Waals surface area (Å²) in [5.41, 5.74) is 4.63. The van der Waals surface area contributed by atoms with Crippen molar-refractivity contribution in [3.63, 3.8) is 0 Å². The van der Waals surface area contributed by atoms with E-state index in [0.717, 1.165) is 6.54 Å². The number of hydrogen-bond donors (Lipinski definition) is 2. The standard InChI is InChI=1S/C18H26N2O/c1-13-11-16(12-19-18(4,5)15(3)21)14(2)20(13)17-9-7-6-8-10-17/h6-11,15,19,21H,12H2,1-5H3. The number of para-hydroxylation sites is 1. The maximum absolute atomic E-state index is 9.80. The van der Waals surface area contributed by atoms with E-state index in [1.807, 2.05) is 26.8 Å². The molecule has 1 heterocycles. The minimum Gasteiger partial charge on any atom is -0.392 e. The molecule has 2 rings (SSSR count). The first-order valence-corrected chi connectivity index (χ1v) is 7.49. The van der Waals surface area contributed by atoms with Crippen LogP contribution < -0.4 is 5.32 Å². The largest absolute Gasteiger partial charge is 0.392 e. The summed E-state index contributed by atoms with van der Waals surface area (Å²) in [5, 5.41) is 13.2. The van der Waals surface area contributed by atoms with Gasteiger partial charge in [0.05, 0.1) is 6.10 Å². The van der Waals surface area contributed by atoms with E-state index < -0.39 is 6.10 Å². The minimum atomic E-state index is -0.393. The van der Waals surface area contributed by atoms with Crippen molar-refractivity contribution in [1.82, 2.24) is 9.88 Å². The van der Waals surface area contributed by atoms with Crippen LogP contribution in [-0.2, 0) is 6.54 Å². The van der Waals surface area contributed by atoms with Crippen LogP contribution in [0.15, 0.2) is 36.4 Å². The number of nitrogens with zero attached hydrogens (tertiary/aromatic N) is 1. The molecule has 2 aromatic rings. The summed E-state index contributed by atoms with van der Waals surface area (Å²) in [5.74, 6) is 0. The quantitative estimate of drug-likeness (QED) is 0.884. The smallest absolute Gasteiger partial charge is 0.0688 e. The molecule has 0 saturated heterocycles. The number of aliphatic hydroxyl groups excluding tert-OH is 1.